The summed E-state index contributed by atoms with van der Waals surface area (Å²) in [5, 5.41) is 14.6. The molecule has 5 nitrogen and oxygen atoms in total. The fourth-order valence-electron chi connectivity index (χ4n) is 1.44. The molecule has 0 radical (unpaired) electrons. The molecule has 0 aliphatic rings. The van der Waals surface area contributed by atoms with Gasteiger partial charge in [0.2, 0.25) is 0 Å². The van der Waals surface area contributed by atoms with E-state index in [0.717, 1.165) is 15.8 Å². The van der Waals surface area contributed by atoms with E-state index in [0.29, 0.717) is 12.4 Å². The smallest absolute Gasteiger partial charge is 0.305 e. The number of nitrogens with zero attached hydrogens (tertiary/aromatic N) is 2. The number of carbonyl (C=O) groups is 1. The van der Waals surface area contributed by atoms with Crippen LogP contribution in [0.5, 0.6) is 0 Å². The fourth-order valence-corrected chi connectivity index (χ4v) is 2.33. The van der Waals surface area contributed by atoms with Crippen LogP contribution in [0.4, 0.5) is 5.82 Å². The molecule has 6 heteroatoms. The van der Waals surface area contributed by atoms with E-state index in [9.17, 15) is 4.79 Å². The van der Waals surface area contributed by atoms with E-state index in [-0.39, 0.29) is 6.42 Å². The van der Waals surface area contributed by atoms with E-state index in [4.69, 9.17) is 5.11 Å². The Hall–Kier alpha value is -1.69. The molecule has 2 N–H and O–H groups in total. The minimum Gasteiger partial charge on any atom is -0.481 e. The van der Waals surface area contributed by atoms with E-state index in [1.54, 1.807) is 11.3 Å². The molecule has 0 amide bonds. The minimum absolute atomic E-state index is 0.0781. The van der Waals surface area contributed by atoms with Crippen molar-refractivity contribution in [2.75, 3.05) is 11.9 Å². The quantitative estimate of drug-likeness (QED) is 0.849. The number of hydrogen-bond acceptors (Lipinski definition) is 5. The summed E-state index contributed by atoms with van der Waals surface area (Å²) in [5.41, 5.74) is 1.11. The first-order valence-electron chi connectivity index (χ1n) is 4.83. The average Bonchev–Trinajstić information content (AvgIpc) is 2.61. The standard InChI is InChI=1S/C10H11N3O2S/c1-6-4-16-10-8(6)9(12-5-13-10)11-3-2-7(14)15/h4-5H,2-3H2,1H3,(H,14,15)(H,11,12,13). The van der Waals surface area contributed by atoms with Gasteiger partial charge >= 0.3 is 5.97 Å². The molecule has 0 saturated carbocycles. The van der Waals surface area contributed by atoms with Gasteiger partial charge in [0.15, 0.2) is 0 Å². The molecule has 2 aromatic heterocycles. The molecule has 2 aromatic rings. The predicted molar refractivity (Wildman–Crippen MR) is 62.9 cm³/mol. The zero-order valence-electron chi connectivity index (χ0n) is 8.73. The molecule has 0 aliphatic carbocycles. The largest absolute Gasteiger partial charge is 0.481 e. The van der Waals surface area contributed by atoms with Crippen LogP contribution in [0.2, 0.25) is 0 Å². The highest BCUT2D eigenvalue weighted by Crippen LogP contribution is 2.28. The summed E-state index contributed by atoms with van der Waals surface area (Å²) in [7, 11) is 0. The zero-order valence-corrected chi connectivity index (χ0v) is 9.54. The maximum absolute atomic E-state index is 10.4. The summed E-state index contributed by atoms with van der Waals surface area (Å²) in [6, 6.07) is 0. The van der Waals surface area contributed by atoms with Crippen molar-refractivity contribution in [1.29, 1.82) is 0 Å². The van der Waals surface area contributed by atoms with Crippen LogP contribution in [-0.2, 0) is 4.79 Å². The lowest BCUT2D eigenvalue weighted by molar-refractivity contribution is -0.136. The number of carboxylic acid groups (broad SMARTS) is 1. The van der Waals surface area contributed by atoms with Crippen molar-refractivity contribution in [3.05, 3.63) is 17.3 Å². The number of hydrogen-bond donors (Lipinski definition) is 2. The molecule has 0 atom stereocenters. The normalized spacial score (nSPS) is 10.6. The third-order valence-corrected chi connectivity index (χ3v) is 3.19. The van der Waals surface area contributed by atoms with Gasteiger partial charge in [0.1, 0.15) is 17.0 Å². The summed E-state index contributed by atoms with van der Waals surface area (Å²) in [6.07, 6.45) is 1.57. The van der Waals surface area contributed by atoms with Gasteiger partial charge in [-0.05, 0) is 17.9 Å². The lowest BCUT2D eigenvalue weighted by Crippen LogP contribution is -2.08. The second kappa shape index (κ2) is 4.44. The Labute approximate surface area is 96.2 Å². The molecule has 2 rings (SSSR count). The molecule has 0 fully saturated rings. The van der Waals surface area contributed by atoms with E-state index >= 15 is 0 Å². The number of aromatic nitrogens is 2. The van der Waals surface area contributed by atoms with Gasteiger partial charge in [0.25, 0.3) is 0 Å². The van der Waals surface area contributed by atoms with Crippen molar-refractivity contribution in [3.8, 4) is 0 Å². The Morgan fingerprint density at radius 1 is 1.56 bits per heavy atom. The molecule has 0 spiro atoms. The van der Waals surface area contributed by atoms with Crippen LogP contribution >= 0.6 is 11.3 Å². The van der Waals surface area contributed by atoms with Crippen molar-refractivity contribution in [3.63, 3.8) is 0 Å². The van der Waals surface area contributed by atoms with E-state index in [1.807, 2.05) is 12.3 Å². The second-order valence-electron chi connectivity index (χ2n) is 3.39. The van der Waals surface area contributed by atoms with Gasteiger partial charge in [-0.15, -0.1) is 11.3 Å². The third kappa shape index (κ3) is 2.11. The number of aryl methyl sites for hydroxylation is 1. The van der Waals surface area contributed by atoms with E-state index < -0.39 is 5.97 Å². The first-order chi connectivity index (χ1) is 7.68. The first kappa shape index (κ1) is 10.8. The van der Waals surface area contributed by atoms with Crippen LogP contribution < -0.4 is 5.32 Å². The molecule has 16 heavy (non-hydrogen) atoms. The number of fused-ring (bicyclic) bond motifs is 1. The second-order valence-corrected chi connectivity index (χ2v) is 4.25. The number of carboxylic acids is 1. The predicted octanol–water partition coefficient (Wildman–Crippen LogP) is 1.89. The minimum atomic E-state index is -0.820. The van der Waals surface area contributed by atoms with Gasteiger partial charge in [0, 0.05) is 6.54 Å². The first-order valence-corrected chi connectivity index (χ1v) is 5.71. The van der Waals surface area contributed by atoms with Crippen molar-refractivity contribution in [2.24, 2.45) is 0 Å². The highest BCUT2D eigenvalue weighted by molar-refractivity contribution is 7.17. The number of rotatable bonds is 4. The Morgan fingerprint density at radius 3 is 3.12 bits per heavy atom. The van der Waals surface area contributed by atoms with Gasteiger partial charge in [0.05, 0.1) is 11.8 Å². The van der Waals surface area contributed by atoms with Crippen LogP contribution in [0.25, 0.3) is 10.2 Å². The average molecular weight is 237 g/mol. The molecule has 84 valence electrons. The van der Waals surface area contributed by atoms with Crippen molar-refractivity contribution < 1.29 is 9.90 Å². The summed E-state index contributed by atoms with van der Waals surface area (Å²) in [4.78, 5) is 19.6. The van der Waals surface area contributed by atoms with Gasteiger partial charge in [-0.25, -0.2) is 9.97 Å². The van der Waals surface area contributed by atoms with E-state index in [2.05, 4.69) is 15.3 Å². The number of anilines is 1. The van der Waals surface area contributed by atoms with Crippen LogP contribution in [-0.4, -0.2) is 27.6 Å². The highest BCUT2D eigenvalue weighted by Gasteiger charge is 2.08. The SMILES string of the molecule is Cc1csc2ncnc(NCCC(=O)O)c12. The molecule has 2 heterocycles. The van der Waals surface area contributed by atoms with Crippen LogP contribution in [0.1, 0.15) is 12.0 Å². The summed E-state index contributed by atoms with van der Waals surface area (Å²) < 4.78 is 0. The molecule has 0 unspecified atom stereocenters. The third-order valence-electron chi connectivity index (χ3n) is 2.19. The fraction of sp³-hybridized carbons (Fsp3) is 0.300. The highest BCUT2D eigenvalue weighted by atomic mass is 32.1. The number of nitrogens with one attached hydrogen (secondary N) is 1. The summed E-state index contributed by atoms with van der Waals surface area (Å²) >= 11 is 1.56. The number of thiophene rings is 1. The Kier molecular flexibility index (Phi) is 3.00. The molecule has 0 saturated heterocycles. The van der Waals surface area contributed by atoms with Gasteiger partial charge in [-0.3, -0.25) is 4.79 Å². The van der Waals surface area contributed by atoms with Crippen LogP contribution in [0.15, 0.2) is 11.7 Å². The van der Waals surface area contributed by atoms with Crippen LogP contribution in [0, 0.1) is 6.92 Å². The molecule has 0 bridgehead atoms. The molecule has 0 aromatic carbocycles. The van der Waals surface area contributed by atoms with Crippen LogP contribution in [0.3, 0.4) is 0 Å². The molecular weight excluding hydrogens is 226 g/mol. The van der Waals surface area contributed by atoms with Gasteiger partial charge < -0.3 is 10.4 Å². The lowest BCUT2D eigenvalue weighted by atomic mass is 10.2. The lowest BCUT2D eigenvalue weighted by Gasteiger charge is -2.05. The topological polar surface area (TPSA) is 75.1 Å². The monoisotopic (exact) mass is 237 g/mol. The number of aliphatic carboxylic acids is 1. The molecular formula is C10H11N3O2S. The summed E-state index contributed by atoms with van der Waals surface area (Å²) in [6.45, 7) is 2.36. The summed E-state index contributed by atoms with van der Waals surface area (Å²) in [5.74, 6) is -0.107. The maximum atomic E-state index is 10.4. The Morgan fingerprint density at radius 2 is 2.38 bits per heavy atom. The van der Waals surface area contributed by atoms with Crippen molar-refractivity contribution in [1.82, 2.24) is 9.97 Å². The Balaban J connectivity index is 2.23. The van der Waals surface area contributed by atoms with Gasteiger partial charge in [-0.1, -0.05) is 0 Å². The maximum Gasteiger partial charge on any atom is 0.305 e. The van der Waals surface area contributed by atoms with Crippen molar-refractivity contribution in [2.45, 2.75) is 13.3 Å². The Bertz CT molecular complexity index is 524. The van der Waals surface area contributed by atoms with E-state index in [1.165, 1.54) is 6.33 Å². The van der Waals surface area contributed by atoms with Gasteiger partial charge in [-0.2, -0.15) is 0 Å². The van der Waals surface area contributed by atoms with Crippen molar-refractivity contribution >= 4 is 33.3 Å². The zero-order chi connectivity index (χ0) is 11.5. The molecule has 0 aliphatic heterocycles.